The van der Waals surface area contributed by atoms with Crippen molar-refractivity contribution in [3.63, 3.8) is 0 Å². The summed E-state index contributed by atoms with van der Waals surface area (Å²) in [7, 11) is 1.25. The first-order valence-corrected chi connectivity index (χ1v) is 9.36. The molecule has 0 aromatic heterocycles. The minimum atomic E-state index is -4.85. The lowest BCUT2D eigenvalue weighted by molar-refractivity contribution is -0.275. The molecule has 4 rings (SSSR count). The Kier molecular flexibility index (Phi) is 4.95. The fourth-order valence-corrected chi connectivity index (χ4v) is 3.86. The molecular formula is C23H17F4NO3. The Morgan fingerprint density at radius 1 is 1.10 bits per heavy atom. The van der Waals surface area contributed by atoms with Gasteiger partial charge in [0.25, 0.3) is 5.60 Å². The molecule has 1 atom stereocenters. The van der Waals surface area contributed by atoms with Gasteiger partial charge in [-0.2, -0.15) is 13.2 Å². The predicted octanol–water partition coefficient (Wildman–Crippen LogP) is 5.66. The molecular weight excluding hydrogens is 414 g/mol. The maximum absolute atomic E-state index is 14.2. The van der Waals surface area contributed by atoms with Gasteiger partial charge in [-0.25, -0.2) is 9.18 Å². The van der Waals surface area contributed by atoms with Crippen molar-refractivity contribution in [3.05, 3.63) is 82.7 Å². The van der Waals surface area contributed by atoms with Gasteiger partial charge in [0.1, 0.15) is 5.82 Å². The molecule has 1 heterocycles. The Morgan fingerprint density at radius 3 is 2.45 bits per heavy atom. The van der Waals surface area contributed by atoms with Gasteiger partial charge in [0.05, 0.1) is 18.4 Å². The van der Waals surface area contributed by atoms with Crippen LogP contribution in [0.15, 0.2) is 59.8 Å². The van der Waals surface area contributed by atoms with E-state index in [-0.39, 0.29) is 16.8 Å². The molecule has 160 valence electrons. The van der Waals surface area contributed by atoms with Gasteiger partial charge >= 0.3 is 12.1 Å². The number of methoxy groups -OCH3 is 1. The molecule has 0 spiro atoms. The van der Waals surface area contributed by atoms with Crippen molar-refractivity contribution in [1.82, 2.24) is 0 Å². The van der Waals surface area contributed by atoms with Crippen molar-refractivity contribution in [2.24, 2.45) is 5.16 Å². The van der Waals surface area contributed by atoms with Crippen molar-refractivity contribution >= 4 is 22.5 Å². The molecule has 3 aromatic carbocycles. The number of esters is 1. The molecule has 0 saturated carbocycles. The summed E-state index contributed by atoms with van der Waals surface area (Å²) < 4.78 is 61.3. The molecule has 1 aliphatic rings. The fourth-order valence-electron chi connectivity index (χ4n) is 3.86. The number of carbonyl (C=O) groups is 1. The maximum Gasteiger partial charge on any atom is 0.435 e. The van der Waals surface area contributed by atoms with E-state index in [4.69, 9.17) is 9.57 Å². The van der Waals surface area contributed by atoms with Gasteiger partial charge in [-0.3, -0.25) is 0 Å². The summed E-state index contributed by atoms with van der Waals surface area (Å²) in [6.07, 6.45) is -5.48. The Labute approximate surface area is 175 Å². The zero-order valence-electron chi connectivity index (χ0n) is 16.6. The summed E-state index contributed by atoms with van der Waals surface area (Å²) in [6, 6.07) is 13.0. The molecule has 31 heavy (non-hydrogen) atoms. The van der Waals surface area contributed by atoms with Gasteiger partial charge in [0.2, 0.25) is 0 Å². The highest BCUT2D eigenvalue weighted by Crippen LogP contribution is 2.49. The minimum Gasteiger partial charge on any atom is -0.465 e. The monoisotopic (exact) mass is 431 g/mol. The highest BCUT2D eigenvalue weighted by atomic mass is 19.4. The highest BCUT2D eigenvalue weighted by molar-refractivity contribution is 6.15. The lowest BCUT2D eigenvalue weighted by Gasteiger charge is -2.29. The number of rotatable bonds is 3. The number of halogens is 4. The van der Waals surface area contributed by atoms with Crippen molar-refractivity contribution in [2.45, 2.75) is 25.1 Å². The molecule has 0 N–H and O–H groups in total. The number of fused-ring (bicyclic) bond motifs is 1. The van der Waals surface area contributed by atoms with Crippen LogP contribution >= 0.6 is 0 Å². The number of hydrogen-bond acceptors (Lipinski definition) is 4. The van der Waals surface area contributed by atoms with Crippen LogP contribution < -0.4 is 0 Å². The largest absolute Gasteiger partial charge is 0.465 e. The first-order chi connectivity index (χ1) is 14.7. The first kappa shape index (κ1) is 20.8. The van der Waals surface area contributed by atoms with Crippen LogP contribution in [0, 0.1) is 12.7 Å². The van der Waals surface area contributed by atoms with Crippen LogP contribution in [0.5, 0.6) is 0 Å². The second-order valence-corrected chi connectivity index (χ2v) is 7.35. The van der Waals surface area contributed by atoms with Crippen LogP contribution in [0.1, 0.15) is 33.5 Å². The normalized spacial score (nSPS) is 18.6. The number of nitrogens with zero attached hydrogens (tertiary/aromatic N) is 1. The van der Waals surface area contributed by atoms with Gasteiger partial charge in [-0.1, -0.05) is 41.6 Å². The van der Waals surface area contributed by atoms with Crippen molar-refractivity contribution in [1.29, 1.82) is 0 Å². The van der Waals surface area contributed by atoms with E-state index >= 15 is 0 Å². The second kappa shape index (κ2) is 7.37. The molecule has 8 heteroatoms. The summed E-state index contributed by atoms with van der Waals surface area (Å²) in [6.45, 7) is 1.51. The number of aryl methyl sites for hydroxylation is 1. The Balaban J connectivity index is 1.83. The first-order valence-electron chi connectivity index (χ1n) is 9.36. The van der Waals surface area contributed by atoms with E-state index in [0.717, 1.165) is 12.1 Å². The van der Waals surface area contributed by atoms with Crippen LogP contribution in [0.2, 0.25) is 0 Å². The lowest BCUT2D eigenvalue weighted by atomic mass is 9.84. The average Bonchev–Trinajstić information content (AvgIpc) is 3.18. The summed E-state index contributed by atoms with van der Waals surface area (Å²) >= 11 is 0. The number of carbonyl (C=O) groups excluding carboxylic acids is 1. The number of oxime groups is 1. The van der Waals surface area contributed by atoms with Crippen LogP contribution in [-0.2, 0) is 15.2 Å². The molecule has 0 bridgehead atoms. The standard InChI is InChI=1S/C23H17F4NO3/c1-13-9-14(11-15(24)10-13)22(23(25,26)27)12-20(28-31-22)18-7-8-19(21(29)30-2)17-6-4-3-5-16(17)18/h3-11H,12H2,1-2H3. The molecule has 0 amide bonds. The molecule has 0 aliphatic carbocycles. The quantitative estimate of drug-likeness (QED) is 0.397. The average molecular weight is 431 g/mol. The number of ether oxygens (including phenoxy) is 1. The second-order valence-electron chi connectivity index (χ2n) is 7.35. The number of alkyl halides is 3. The predicted molar refractivity (Wildman–Crippen MR) is 106 cm³/mol. The van der Waals surface area contributed by atoms with Gasteiger partial charge in [0, 0.05) is 17.5 Å². The summed E-state index contributed by atoms with van der Waals surface area (Å²) in [4.78, 5) is 17.1. The van der Waals surface area contributed by atoms with E-state index in [9.17, 15) is 22.4 Å². The summed E-state index contributed by atoms with van der Waals surface area (Å²) in [5.41, 5.74) is -2.11. The zero-order valence-corrected chi connectivity index (χ0v) is 16.6. The third-order valence-electron chi connectivity index (χ3n) is 5.33. The molecule has 4 nitrogen and oxygen atoms in total. The topological polar surface area (TPSA) is 47.9 Å². The maximum atomic E-state index is 14.2. The van der Waals surface area contributed by atoms with Crippen molar-refractivity contribution in [2.75, 3.05) is 7.11 Å². The third kappa shape index (κ3) is 3.41. The van der Waals surface area contributed by atoms with Crippen LogP contribution in [0.25, 0.3) is 10.8 Å². The smallest absolute Gasteiger partial charge is 0.435 e. The zero-order chi connectivity index (χ0) is 22.4. The van der Waals surface area contributed by atoms with Crippen molar-refractivity contribution < 1.29 is 31.9 Å². The molecule has 0 radical (unpaired) electrons. The van der Waals surface area contributed by atoms with Gasteiger partial charge < -0.3 is 9.57 Å². The third-order valence-corrected chi connectivity index (χ3v) is 5.33. The number of benzene rings is 3. The summed E-state index contributed by atoms with van der Waals surface area (Å²) in [5.74, 6) is -1.35. The van der Waals surface area contributed by atoms with E-state index in [1.54, 1.807) is 24.3 Å². The summed E-state index contributed by atoms with van der Waals surface area (Å²) in [5, 5.41) is 4.81. The SMILES string of the molecule is COC(=O)c1ccc(C2=NOC(c3cc(C)cc(F)c3)(C(F)(F)F)C2)c2ccccc12. The van der Waals surface area contributed by atoms with Crippen LogP contribution in [0.4, 0.5) is 17.6 Å². The molecule has 0 fully saturated rings. The Bertz CT molecular complexity index is 1200. The van der Waals surface area contributed by atoms with Crippen molar-refractivity contribution in [3.8, 4) is 0 Å². The van der Waals surface area contributed by atoms with Crippen LogP contribution in [0.3, 0.4) is 0 Å². The Hall–Kier alpha value is -3.42. The van der Waals surface area contributed by atoms with Crippen LogP contribution in [-0.4, -0.2) is 25.0 Å². The highest BCUT2D eigenvalue weighted by Gasteiger charge is 2.62. The molecule has 1 aliphatic heterocycles. The molecule has 3 aromatic rings. The van der Waals surface area contributed by atoms with E-state index in [2.05, 4.69) is 5.16 Å². The molecule has 0 saturated heterocycles. The Morgan fingerprint density at radius 2 is 1.81 bits per heavy atom. The van der Waals surface area contributed by atoms with E-state index in [1.807, 2.05) is 0 Å². The fraction of sp³-hybridized carbons (Fsp3) is 0.217. The van der Waals surface area contributed by atoms with Gasteiger partial charge in [-0.05, 0) is 41.5 Å². The lowest BCUT2D eigenvalue weighted by Crippen LogP contribution is -2.42. The number of hydrogen-bond donors (Lipinski definition) is 0. The van der Waals surface area contributed by atoms with E-state index in [0.29, 0.717) is 21.9 Å². The van der Waals surface area contributed by atoms with Gasteiger partial charge in [0.15, 0.2) is 0 Å². The molecule has 1 unspecified atom stereocenters. The van der Waals surface area contributed by atoms with E-state index in [1.165, 1.54) is 32.2 Å². The van der Waals surface area contributed by atoms with Gasteiger partial charge in [-0.15, -0.1) is 0 Å². The van der Waals surface area contributed by atoms with E-state index < -0.39 is 30.0 Å². The minimum absolute atomic E-state index is 0.0480.